The molecule has 2 aromatic carbocycles. The number of aryl methyl sites for hydroxylation is 2. The van der Waals surface area contributed by atoms with Crippen LogP contribution in [0.3, 0.4) is 0 Å². The van der Waals surface area contributed by atoms with E-state index < -0.39 is 17.2 Å². The molecule has 2 aromatic rings. The van der Waals surface area contributed by atoms with Crippen LogP contribution >= 0.6 is 0 Å². The standard InChI is InChI=1S/C16H16F2O/c1-10-4-5-11(2)13(8-10)16(3,19)12-6-7-14(17)15(18)9-12/h4-9,19H,1-3H3. The lowest BCUT2D eigenvalue weighted by atomic mass is 9.85. The van der Waals surface area contributed by atoms with Crippen molar-refractivity contribution in [2.45, 2.75) is 26.4 Å². The Kier molecular flexibility index (Phi) is 3.42. The molecule has 2 rings (SSSR count). The molecular formula is C16H16F2O. The molecular weight excluding hydrogens is 246 g/mol. The lowest BCUT2D eigenvalue weighted by Crippen LogP contribution is -2.24. The molecule has 0 saturated heterocycles. The molecule has 0 fully saturated rings. The van der Waals surface area contributed by atoms with E-state index in [1.165, 1.54) is 6.07 Å². The van der Waals surface area contributed by atoms with E-state index >= 15 is 0 Å². The molecule has 0 aliphatic carbocycles. The van der Waals surface area contributed by atoms with Crippen LogP contribution in [0.15, 0.2) is 36.4 Å². The van der Waals surface area contributed by atoms with Crippen molar-refractivity contribution in [3.63, 3.8) is 0 Å². The van der Waals surface area contributed by atoms with Gasteiger partial charge in [-0.1, -0.05) is 29.8 Å². The van der Waals surface area contributed by atoms with Crippen LogP contribution in [-0.4, -0.2) is 5.11 Å². The summed E-state index contributed by atoms with van der Waals surface area (Å²) < 4.78 is 26.3. The van der Waals surface area contributed by atoms with Crippen molar-refractivity contribution in [1.29, 1.82) is 0 Å². The smallest absolute Gasteiger partial charge is 0.159 e. The first-order valence-electron chi connectivity index (χ1n) is 6.08. The van der Waals surface area contributed by atoms with Gasteiger partial charge in [-0.3, -0.25) is 0 Å². The van der Waals surface area contributed by atoms with Crippen molar-refractivity contribution >= 4 is 0 Å². The van der Waals surface area contributed by atoms with E-state index in [1.807, 2.05) is 32.0 Å². The van der Waals surface area contributed by atoms with Gasteiger partial charge in [0.1, 0.15) is 5.60 Å². The van der Waals surface area contributed by atoms with Crippen LogP contribution in [-0.2, 0) is 5.60 Å². The molecule has 0 aliphatic rings. The molecule has 0 amide bonds. The number of benzene rings is 2. The average Bonchev–Trinajstić information content (AvgIpc) is 2.35. The first kappa shape index (κ1) is 13.7. The van der Waals surface area contributed by atoms with Crippen molar-refractivity contribution < 1.29 is 13.9 Å². The molecule has 0 aromatic heterocycles. The fraction of sp³-hybridized carbons (Fsp3) is 0.250. The molecule has 0 heterocycles. The lowest BCUT2D eigenvalue weighted by Gasteiger charge is -2.27. The maximum absolute atomic E-state index is 13.3. The van der Waals surface area contributed by atoms with Gasteiger partial charge in [0.25, 0.3) is 0 Å². The Morgan fingerprint density at radius 1 is 0.947 bits per heavy atom. The third kappa shape index (κ3) is 2.51. The Labute approximate surface area is 111 Å². The SMILES string of the molecule is Cc1ccc(C)c(C(C)(O)c2ccc(F)c(F)c2)c1. The van der Waals surface area contributed by atoms with E-state index in [9.17, 15) is 13.9 Å². The second-order valence-electron chi connectivity index (χ2n) is 5.02. The van der Waals surface area contributed by atoms with Gasteiger partial charge in [0.2, 0.25) is 0 Å². The minimum absolute atomic E-state index is 0.333. The van der Waals surface area contributed by atoms with Crippen molar-refractivity contribution in [3.8, 4) is 0 Å². The second-order valence-corrected chi connectivity index (χ2v) is 5.02. The Bertz CT molecular complexity index is 618. The number of hydrogen-bond donors (Lipinski definition) is 1. The first-order chi connectivity index (χ1) is 8.82. The van der Waals surface area contributed by atoms with Gasteiger partial charge in [-0.25, -0.2) is 8.78 Å². The number of halogens is 2. The molecule has 0 radical (unpaired) electrons. The van der Waals surface area contributed by atoms with Crippen LogP contribution in [0.1, 0.15) is 29.2 Å². The Morgan fingerprint density at radius 2 is 1.63 bits per heavy atom. The van der Waals surface area contributed by atoms with Gasteiger partial charge in [-0.05, 0) is 49.6 Å². The fourth-order valence-electron chi connectivity index (χ4n) is 2.21. The van der Waals surface area contributed by atoms with Crippen molar-refractivity contribution in [1.82, 2.24) is 0 Å². The van der Waals surface area contributed by atoms with Crippen molar-refractivity contribution in [2.24, 2.45) is 0 Å². The van der Waals surface area contributed by atoms with Crippen LogP contribution in [0.4, 0.5) is 8.78 Å². The summed E-state index contributed by atoms with van der Waals surface area (Å²) in [5.74, 6) is -1.87. The third-order valence-corrected chi connectivity index (χ3v) is 3.40. The summed E-state index contributed by atoms with van der Waals surface area (Å²) in [7, 11) is 0. The predicted molar refractivity (Wildman–Crippen MR) is 70.9 cm³/mol. The average molecular weight is 262 g/mol. The zero-order valence-corrected chi connectivity index (χ0v) is 11.2. The molecule has 1 nitrogen and oxygen atoms in total. The molecule has 1 unspecified atom stereocenters. The van der Waals surface area contributed by atoms with Crippen LogP contribution in [0.25, 0.3) is 0 Å². The highest BCUT2D eigenvalue weighted by atomic mass is 19.2. The molecule has 19 heavy (non-hydrogen) atoms. The highest BCUT2D eigenvalue weighted by Gasteiger charge is 2.28. The highest BCUT2D eigenvalue weighted by Crippen LogP contribution is 2.32. The van der Waals surface area contributed by atoms with Gasteiger partial charge in [0.15, 0.2) is 11.6 Å². The quantitative estimate of drug-likeness (QED) is 0.872. The molecule has 3 heteroatoms. The number of hydrogen-bond acceptors (Lipinski definition) is 1. The Morgan fingerprint density at radius 3 is 2.26 bits per heavy atom. The minimum atomic E-state index is -1.36. The summed E-state index contributed by atoms with van der Waals surface area (Å²) >= 11 is 0. The maximum Gasteiger partial charge on any atom is 0.159 e. The summed E-state index contributed by atoms with van der Waals surface area (Å²) in [5, 5.41) is 10.7. The highest BCUT2D eigenvalue weighted by molar-refractivity contribution is 5.41. The topological polar surface area (TPSA) is 20.2 Å². The predicted octanol–water partition coefficient (Wildman–Crippen LogP) is 3.84. The van der Waals surface area contributed by atoms with E-state index in [0.29, 0.717) is 11.1 Å². The van der Waals surface area contributed by atoms with Gasteiger partial charge in [-0.15, -0.1) is 0 Å². The first-order valence-corrected chi connectivity index (χ1v) is 6.08. The normalized spacial score (nSPS) is 14.2. The lowest BCUT2D eigenvalue weighted by molar-refractivity contribution is 0.101. The summed E-state index contributed by atoms with van der Waals surface area (Å²) in [6.07, 6.45) is 0. The summed E-state index contributed by atoms with van der Waals surface area (Å²) in [5.41, 5.74) is 1.58. The summed E-state index contributed by atoms with van der Waals surface area (Å²) in [6, 6.07) is 9.18. The van der Waals surface area contributed by atoms with Crippen LogP contribution in [0.5, 0.6) is 0 Å². The fourth-order valence-corrected chi connectivity index (χ4v) is 2.21. The van der Waals surface area contributed by atoms with Crippen LogP contribution in [0.2, 0.25) is 0 Å². The molecule has 1 N–H and O–H groups in total. The van der Waals surface area contributed by atoms with Gasteiger partial charge >= 0.3 is 0 Å². The molecule has 0 aliphatic heterocycles. The van der Waals surface area contributed by atoms with Gasteiger partial charge in [0, 0.05) is 0 Å². The Hall–Kier alpha value is -1.74. The van der Waals surface area contributed by atoms with Gasteiger partial charge < -0.3 is 5.11 Å². The van der Waals surface area contributed by atoms with Gasteiger partial charge in [-0.2, -0.15) is 0 Å². The third-order valence-electron chi connectivity index (χ3n) is 3.40. The summed E-state index contributed by atoms with van der Waals surface area (Å²) in [6.45, 7) is 5.38. The second kappa shape index (κ2) is 4.74. The van der Waals surface area contributed by atoms with E-state index in [4.69, 9.17) is 0 Å². The number of aliphatic hydroxyl groups is 1. The molecule has 0 spiro atoms. The van der Waals surface area contributed by atoms with Crippen LogP contribution < -0.4 is 0 Å². The largest absolute Gasteiger partial charge is 0.381 e. The van der Waals surface area contributed by atoms with E-state index in [0.717, 1.165) is 23.3 Å². The van der Waals surface area contributed by atoms with Crippen molar-refractivity contribution in [2.75, 3.05) is 0 Å². The van der Waals surface area contributed by atoms with E-state index in [2.05, 4.69) is 0 Å². The zero-order chi connectivity index (χ0) is 14.2. The molecule has 0 saturated carbocycles. The Balaban J connectivity index is 2.57. The van der Waals surface area contributed by atoms with Crippen LogP contribution in [0, 0.1) is 25.5 Å². The van der Waals surface area contributed by atoms with E-state index in [1.54, 1.807) is 6.92 Å². The minimum Gasteiger partial charge on any atom is -0.381 e. The molecule has 0 bridgehead atoms. The summed E-state index contributed by atoms with van der Waals surface area (Å²) in [4.78, 5) is 0. The molecule has 100 valence electrons. The maximum atomic E-state index is 13.3. The monoisotopic (exact) mass is 262 g/mol. The van der Waals surface area contributed by atoms with Gasteiger partial charge in [0.05, 0.1) is 0 Å². The molecule has 1 atom stereocenters. The number of rotatable bonds is 2. The zero-order valence-electron chi connectivity index (χ0n) is 11.2. The van der Waals surface area contributed by atoms with E-state index in [-0.39, 0.29) is 0 Å². The van der Waals surface area contributed by atoms with Crippen molar-refractivity contribution in [3.05, 3.63) is 70.3 Å².